The van der Waals surface area contributed by atoms with Gasteiger partial charge in [0.15, 0.2) is 0 Å². The second-order valence-electron chi connectivity index (χ2n) is 4.16. The molecule has 0 fully saturated rings. The lowest BCUT2D eigenvalue weighted by Gasteiger charge is -2.19. The van der Waals surface area contributed by atoms with Gasteiger partial charge in [0.25, 0.3) is 0 Å². The summed E-state index contributed by atoms with van der Waals surface area (Å²) in [4.78, 5) is 0. The zero-order valence-corrected chi connectivity index (χ0v) is 10.6. The molecule has 0 aliphatic heterocycles. The van der Waals surface area contributed by atoms with Crippen LogP contribution in [0, 0.1) is 0 Å². The van der Waals surface area contributed by atoms with Crippen molar-refractivity contribution in [1.82, 2.24) is 0 Å². The third-order valence-electron chi connectivity index (χ3n) is 3.19. The monoisotopic (exact) mass is 226 g/mol. The second kappa shape index (κ2) is 4.34. The van der Waals surface area contributed by atoms with Crippen LogP contribution < -0.4 is 0 Å². The highest BCUT2D eigenvalue weighted by Crippen LogP contribution is 2.46. The highest BCUT2D eigenvalue weighted by Gasteiger charge is 2.36. The van der Waals surface area contributed by atoms with Gasteiger partial charge in [0.2, 0.25) is 0 Å². The fraction of sp³-hybridized carbons (Fsp3) is 0.250. The van der Waals surface area contributed by atoms with E-state index in [0.717, 1.165) is 22.3 Å². The van der Waals surface area contributed by atoms with Crippen LogP contribution in [0.15, 0.2) is 48.5 Å². The standard InChI is InChI=1S/C14H12O.C2H6/c1-14(15)12-8-4-2-6-10(12)11-7-3-5-9-13(11)14;1-2/h2-9,15H,1H3;1-2H3. The molecule has 0 spiro atoms. The largest absolute Gasteiger partial charge is 0.381 e. The molecule has 0 saturated heterocycles. The van der Waals surface area contributed by atoms with Gasteiger partial charge in [-0.25, -0.2) is 0 Å². The first kappa shape index (κ1) is 11.9. The molecule has 1 N–H and O–H groups in total. The van der Waals surface area contributed by atoms with Crippen LogP contribution in [-0.4, -0.2) is 5.11 Å². The summed E-state index contributed by atoms with van der Waals surface area (Å²) in [7, 11) is 0. The molecule has 88 valence electrons. The molecule has 0 aromatic heterocycles. The summed E-state index contributed by atoms with van der Waals surface area (Å²) in [6.07, 6.45) is 0. The van der Waals surface area contributed by atoms with Crippen LogP contribution in [0.5, 0.6) is 0 Å². The number of fused-ring (bicyclic) bond motifs is 3. The molecule has 0 radical (unpaired) electrons. The molecule has 0 atom stereocenters. The number of hydrogen-bond acceptors (Lipinski definition) is 1. The summed E-state index contributed by atoms with van der Waals surface area (Å²) in [5.74, 6) is 0. The van der Waals surface area contributed by atoms with E-state index in [-0.39, 0.29) is 0 Å². The molecular weight excluding hydrogens is 208 g/mol. The Hall–Kier alpha value is -1.60. The smallest absolute Gasteiger partial charge is 0.113 e. The molecule has 0 amide bonds. The predicted molar refractivity (Wildman–Crippen MR) is 71.9 cm³/mol. The zero-order valence-electron chi connectivity index (χ0n) is 10.6. The maximum atomic E-state index is 10.5. The second-order valence-corrected chi connectivity index (χ2v) is 4.16. The lowest BCUT2D eigenvalue weighted by atomic mass is 9.94. The summed E-state index contributed by atoms with van der Waals surface area (Å²) in [5.41, 5.74) is 3.47. The van der Waals surface area contributed by atoms with Crippen molar-refractivity contribution < 1.29 is 5.11 Å². The van der Waals surface area contributed by atoms with Crippen LogP contribution in [0.2, 0.25) is 0 Å². The Balaban J connectivity index is 0.000000514. The summed E-state index contributed by atoms with van der Waals surface area (Å²) >= 11 is 0. The fourth-order valence-electron chi connectivity index (χ4n) is 2.43. The Kier molecular flexibility index (Phi) is 3.03. The minimum absolute atomic E-state index is 0.840. The van der Waals surface area contributed by atoms with Crippen LogP contribution in [0.3, 0.4) is 0 Å². The van der Waals surface area contributed by atoms with E-state index in [1.54, 1.807) is 0 Å². The molecule has 2 aromatic rings. The minimum Gasteiger partial charge on any atom is -0.381 e. The zero-order chi connectivity index (χ0) is 12.5. The molecule has 1 heteroatoms. The molecule has 2 aromatic carbocycles. The molecule has 17 heavy (non-hydrogen) atoms. The van der Waals surface area contributed by atoms with Crippen molar-refractivity contribution in [2.45, 2.75) is 26.4 Å². The Labute approximate surface area is 103 Å². The van der Waals surface area contributed by atoms with Crippen molar-refractivity contribution in [1.29, 1.82) is 0 Å². The van der Waals surface area contributed by atoms with Gasteiger partial charge in [0.1, 0.15) is 5.60 Å². The molecule has 0 saturated carbocycles. The van der Waals surface area contributed by atoms with Crippen molar-refractivity contribution in [2.75, 3.05) is 0 Å². The van der Waals surface area contributed by atoms with Gasteiger partial charge < -0.3 is 5.11 Å². The third kappa shape index (κ3) is 1.67. The molecular formula is C16H18O. The van der Waals surface area contributed by atoms with Crippen LogP contribution in [0.1, 0.15) is 31.9 Å². The van der Waals surface area contributed by atoms with E-state index in [2.05, 4.69) is 12.1 Å². The van der Waals surface area contributed by atoms with Crippen molar-refractivity contribution in [2.24, 2.45) is 0 Å². The number of rotatable bonds is 0. The van der Waals surface area contributed by atoms with Gasteiger partial charge in [-0.05, 0) is 29.2 Å². The summed E-state index contributed by atoms with van der Waals surface area (Å²) in [5, 5.41) is 10.5. The Morgan fingerprint density at radius 1 is 0.765 bits per heavy atom. The van der Waals surface area contributed by atoms with Gasteiger partial charge in [-0.1, -0.05) is 62.4 Å². The van der Waals surface area contributed by atoms with Gasteiger partial charge in [0.05, 0.1) is 0 Å². The highest BCUT2D eigenvalue weighted by atomic mass is 16.3. The lowest BCUT2D eigenvalue weighted by Crippen LogP contribution is -2.18. The van der Waals surface area contributed by atoms with E-state index >= 15 is 0 Å². The molecule has 1 aliphatic rings. The van der Waals surface area contributed by atoms with Gasteiger partial charge in [-0.2, -0.15) is 0 Å². The van der Waals surface area contributed by atoms with Gasteiger partial charge in [0, 0.05) is 0 Å². The average molecular weight is 226 g/mol. The number of benzene rings is 2. The summed E-state index contributed by atoms with van der Waals surface area (Å²) < 4.78 is 0. The Bertz CT molecular complexity index is 479. The number of aliphatic hydroxyl groups is 1. The summed E-state index contributed by atoms with van der Waals surface area (Å²) in [6, 6.07) is 16.1. The van der Waals surface area contributed by atoms with E-state index in [4.69, 9.17) is 0 Å². The van der Waals surface area contributed by atoms with Crippen molar-refractivity contribution in [3.63, 3.8) is 0 Å². The van der Waals surface area contributed by atoms with Crippen molar-refractivity contribution in [3.8, 4) is 11.1 Å². The van der Waals surface area contributed by atoms with Gasteiger partial charge in [-0.3, -0.25) is 0 Å². The van der Waals surface area contributed by atoms with Crippen molar-refractivity contribution >= 4 is 0 Å². The molecule has 0 bridgehead atoms. The van der Waals surface area contributed by atoms with E-state index < -0.39 is 5.60 Å². The number of hydrogen-bond donors (Lipinski definition) is 1. The van der Waals surface area contributed by atoms with Crippen LogP contribution in [-0.2, 0) is 5.60 Å². The maximum Gasteiger partial charge on any atom is 0.113 e. The minimum atomic E-state index is -0.840. The van der Waals surface area contributed by atoms with E-state index in [1.165, 1.54) is 0 Å². The van der Waals surface area contributed by atoms with E-state index in [0.29, 0.717) is 0 Å². The molecule has 0 heterocycles. The molecule has 1 nitrogen and oxygen atoms in total. The molecule has 3 rings (SSSR count). The topological polar surface area (TPSA) is 20.2 Å². The lowest BCUT2D eigenvalue weighted by molar-refractivity contribution is 0.107. The van der Waals surface area contributed by atoms with Crippen LogP contribution in [0.4, 0.5) is 0 Å². The van der Waals surface area contributed by atoms with Crippen molar-refractivity contribution in [3.05, 3.63) is 59.7 Å². The van der Waals surface area contributed by atoms with Crippen LogP contribution in [0.25, 0.3) is 11.1 Å². The first-order valence-electron chi connectivity index (χ1n) is 6.13. The maximum absolute atomic E-state index is 10.5. The van der Waals surface area contributed by atoms with Gasteiger partial charge >= 0.3 is 0 Å². The van der Waals surface area contributed by atoms with E-state index in [1.807, 2.05) is 57.2 Å². The summed E-state index contributed by atoms with van der Waals surface area (Å²) in [6.45, 7) is 5.86. The first-order valence-corrected chi connectivity index (χ1v) is 6.13. The third-order valence-corrected chi connectivity index (χ3v) is 3.19. The molecule has 0 unspecified atom stereocenters. The molecule has 1 aliphatic carbocycles. The Morgan fingerprint density at radius 2 is 1.12 bits per heavy atom. The van der Waals surface area contributed by atoms with E-state index in [9.17, 15) is 5.11 Å². The quantitative estimate of drug-likeness (QED) is 0.721. The highest BCUT2D eigenvalue weighted by molar-refractivity contribution is 5.79. The average Bonchev–Trinajstić information content (AvgIpc) is 2.63. The predicted octanol–water partition coefficient (Wildman–Crippen LogP) is 3.95. The Morgan fingerprint density at radius 3 is 1.53 bits per heavy atom. The first-order chi connectivity index (χ1) is 8.21. The van der Waals surface area contributed by atoms with Gasteiger partial charge in [-0.15, -0.1) is 0 Å². The van der Waals surface area contributed by atoms with Crippen LogP contribution >= 0.6 is 0 Å². The normalized spacial score (nSPS) is 14.4. The SMILES string of the molecule is CC.CC1(O)c2ccccc2-c2ccccc21. The fourth-order valence-corrected chi connectivity index (χ4v) is 2.43.